The van der Waals surface area contributed by atoms with E-state index in [9.17, 15) is 4.79 Å². The van der Waals surface area contributed by atoms with Crippen molar-refractivity contribution in [3.63, 3.8) is 0 Å². The third-order valence-electron chi connectivity index (χ3n) is 2.99. The van der Waals surface area contributed by atoms with Gasteiger partial charge in [0.15, 0.2) is 5.16 Å². The highest BCUT2D eigenvalue weighted by molar-refractivity contribution is 7.99. The van der Waals surface area contributed by atoms with Crippen LogP contribution in [0.25, 0.3) is 0 Å². The van der Waals surface area contributed by atoms with Crippen LogP contribution in [0.3, 0.4) is 0 Å². The Morgan fingerprint density at radius 2 is 2.15 bits per heavy atom. The molecule has 0 saturated carbocycles. The van der Waals surface area contributed by atoms with Crippen molar-refractivity contribution in [1.82, 2.24) is 14.8 Å². The number of ether oxygens (including phenoxy) is 1. The van der Waals surface area contributed by atoms with E-state index in [1.807, 2.05) is 31.2 Å². The highest BCUT2D eigenvalue weighted by atomic mass is 32.2. The van der Waals surface area contributed by atoms with Gasteiger partial charge in [-0.05, 0) is 13.0 Å². The Labute approximate surface area is 121 Å². The quantitative estimate of drug-likeness (QED) is 0.812. The maximum absolute atomic E-state index is 11.4. The topological polar surface area (TPSA) is 85.9 Å². The Bertz CT molecular complexity index is 635. The van der Waals surface area contributed by atoms with E-state index in [2.05, 4.69) is 10.2 Å². The summed E-state index contributed by atoms with van der Waals surface area (Å²) in [7, 11) is 3.31. The van der Waals surface area contributed by atoms with Crippen LogP contribution >= 0.6 is 11.8 Å². The van der Waals surface area contributed by atoms with Crippen molar-refractivity contribution in [2.45, 2.75) is 23.4 Å². The van der Waals surface area contributed by atoms with Gasteiger partial charge in [0.25, 0.3) is 0 Å². The molecule has 2 rings (SSSR count). The van der Waals surface area contributed by atoms with E-state index in [1.54, 1.807) is 14.2 Å². The molecule has 20 heavy (non-hydrogen) atoms. The predicted octanol–water partition coefficient (Wildman–Crippen LogP) is 1.30. The van der Waals surface area contributed by atoms with Gasteiger partial charge in [0.2, 0.25) is 0 Å². The van der Waals surface area contributed by atoms with E-state index in [0.29, 0.717) is 5.16 Å². The van der Waals surface area contributed by atoms with Gasteiger partial charge in [-0.25, -0.2) is 9.89 Å². The van der Waals surface area contributed by atoms with E-state index >= 15 is 0 Å². The molecule has 0 fully saturated rings. The van der Waals surface area contributed by atoms with Crippen LogP contribution in [0.15, 0.2) is 34.2 Å². The molecule has 1 aromatic carbocycles. The lowest BCUT2D eigenvalue weighted by molar-refractivity contribution is 0.408. The Morgan fingerprint density at radius 3 is 2.70 bits per heavy atom. The molecule has 2 unspecified atom stereocenters. The number of rotatable bonds is 5. The van der Waals surface area contributed by atoms with Crippen LogP contribution < -0.4 is 16.2 Å². The summed E-state index contributed by atoms with van der Waals surface area (Å²) >= 11 is 1.44. The molecule has 0 bridgehead atoms. The molecule has 0 aliphatic heterocycles. The zero-order valence-electron chi connectivity index (χ0n) is 11.7. The Hall–Kier alpha value is -1.73. The second kappa shape index (κ2) is 6.15. The number of methoxy groups -OCH3 is 1. The summed E-state index contributed by atoms with van der Waals surface area (Å²) in [6, 6.07) is 7.61. The highest BCUT2D eigenvalue weighted by Gasteiger charge is 2.23. The van der Waals surface area contributed by atoms with Gasteiger partial charge in [-0.1, -0.05) is 30.0 Å². The zero-order valence-corrected chi connectivity index (χ0v) is 12.5. The van der Waals surface area contributed by atoms with Gasteiger partial charge in [0.05, 0.1) is 12.4 Å². The fourth-order valence-corrected chi connectivity index (χ4v) is 3.01. The summed E-state index contributed by atoms with van der Waals surface area (Å²) in [6.07, 6.45) is 0. The first-order valence-electron chi connectivity index (χ1n) is 6.21. The van der Waals surface area contributed by atoms with Crippen molar-refractivity contribution < 1.29 is 4.74 Å². The summed E-state index contributed by atoms with van der Waals surface area (Å²) < 4.78 is 6.85. The minimum Gasteiger partial charge on any atom is -0.496 e. The van der Waals surface area contributed by atoms with Gasteiger partial charge >= 0.3 is 5.69 Å². The second-order valence-electron chi connectivity index (χ2n) is 4.51. The summed E-state index contributed by atoms with van der Waals surface area (Å²) in [4.78, 5) is 11.4. The number of aromatic nitrogens is 3. The lowest BCUT2D eigenvalue weighted by Crippen LogP contribution is -2.23. The third kappa shape index (κ3) is 2.88. The molecule has 2 aromatic rings. The number of nitrogens with zero attached hydrogens (tertiary/aromatic N) is 2. The van der Waals surface area contributed by atoms with E-state index in [-0.39, 0.29) is 17.0 Å². The van der Waals surface area contributed by atoms with E-state index in [0.717, 1.165) is 11.3 Å². The second-order valence-corrected chi connectivity index (χ2v) is 5.62. The first-order chi connectivity index (χ1) is 9.54. The Balaban J connectivity index is 2.37. The maximum atomic E-state index is 11.4. The molecule has 0 spiro atoms. The van der Waals surface area contributed by atoms with Gasteiger partial charge < -0.3 is 10.5 Å². The van der Waals surface area contributed by atoms with Crippen molar-refractivity contribution in [3.8, 4) is 5.75 Å². The molecule has 108 valence electrons. The molecule has 0 aliphatic carbocycles. The number of H-pyrrole nitrogens is 1. The van der Waals surface area contributed by atoms with Crippen LogP contribution in [0.4, 0.5) is 0 Å². The minimum absolute atomic E-state index is 0.0555. The van der Waals surface area contributed by atoms with Crippen LogP contribution in [0, 0.1) is 0 Å². The van der Waals surface area contributed by atoms with Crippen LogP contribution in [0.5, 0.6) is 5.75 Å². The number of benzene rings is 1. The van der Waals surface area contributed by atoms with Crippen LogP contribution in [-0.4, -0.2) is 27.9 Å². The first-order valence-corrected chi connectivity index (χ1v) is 7.09. The number of para-hydroxylation sites is 1. The van der Waals surface area contributed by atoms with Crippen molar-refractivity contribution in [1.29, 1.82) is 0 Å². The summed E-state index contributed by atoms with van der Waals surface area (Å²) in [5.74, 6) is 0.780. The number of hydrogen-bond donors (Lipinski definition) is 2. The fraction of sp³-hybridized carbons (Fsp3) is 0.385. The smallest absolute Gasteiger partial charge is 0.343 e. The number of hydrogen-bond acceptors (Lipinski definition) is 5. The van der Waals surface area contributed by atoms with Gasteiger partial charge in [0, 0.05) is 18.7 Å². The number of nitrogens with two attached hydrogens (primary N) is 1. The van der Waals surface area contributed by atoms with Crippen LogP contribution in [-0.2, 0) is 7.05 Å². The van der Waals surface area contributed by atoms with Gasteiger partial charge in [-0.2, -0.15) is 0 Å². The van der Waals surface area contributed by atoms with Crippen LogP contribution in [0.2, 0.25) is 0 Å². The van der Waals surface area contributed by atoms with Gasteiger partial charge in [-0.15, -0.1) is 5.10 Å². The Morgan fingerprint density at radius 1 is 1.45 bits per heavy atom. The van der Waals surface area contributed by atoms with Gasteiger partial charge in [0.1, 0.15) is 5.75 Å². The molecule has 0 radical (unpaired) electrons. The highest BCUT2D eigenvalue weighted by Crippen LogP contribution is 2.39. The standard InChI is InChI=1S/C13H18N4O2S/c1-8(14)11(9-6-4-5-7-10(9)19-3)20-13-16-15-12(18)17(13)2/h4-8,11H,14H2,1-3H3,(H,15,18). The Kier molecular flexibility index (Phi) is 4.51. The third-order valence-corrected chi connectivity index (χ3v) is 4.51. The lowest BCUT2D eigenvalue weighted by Gasteiger charge is -2.22. The average Bonchev–Trinajstić information content (AvgIpc) is 2.76. The van der Waals surface area contributed by atoms with Crippen molar-refractivity contribution >= 4 is 11.8 Å². The van der Waals surface area contributed by atoms with Crippen molar-refractivity contribution in [2.24, 2.45) is 12.8 Å². The van der Waals surface area contributed by atoms with Crippen LogP contribution in [0.1, 0.15) is 17.7 Å². The monoisotopic (exact) mass is 294 g/mol. The molecule has 0 saturated heterocycles. The van der Waals surface area contributed by atoms with E-state index < -0.39 is 0 Å². The predicted molar refractivity (Wildman–Crippen MR) is 79.1 cm³/mol. The molecule has 2 atom stereocenters. The molecule has 0 aliphatic rings. The van der Waals surface area contributed by atoms with E-state index in [4.69, 9.17) is 10.5 Å². The molecule has 3 N–H and O–H groups in total. The fourth-order valence-electron chi connectivity index (χ4n) is 1.91. The molecular weight excluding hydrogens is 276 g/mol. The molecule has 1 heterocycles. The van der Waals surface area contributed by atoms with Crippen molar-refractivity contribution in [2.75, 3.05) is 7.11 Å². The minimum atomic E-state index is -0.240. The molecule has 0 amide bonds. The summed E-state index contributed by atoms with van der Waals surface area (Å²) in [5, 5.41) is 6.98. The van der Waals surface area contributed by atoms with Gasteiger partial charge in [-0.3, -0.25) is 4.57 Å². The normalized spacial score (nSPS) is 14.0. The SMILES string of the molecule is COc1ccccc1C(Sc1n[nH]c(=O)n1C)C(C)N. The lowest BCUT2D eigenvalue weighted by atomic mass is 10.1. The maximum Gasteiger partial charge on any atom is 0.343 e. The van der Waals surface area contributed by atoms with Crippen molar-refractivity contribution in [3.05, 3.63) is 40.3 Å². The number of nitrogens with one attached hydrogen (secondary N) is 1. The molecule has 7 heteroatoms. The number of aromatic amines is 1. The summed E-state index contributed by atoms with van der Waals surface area (Å²) in [6.45, 7) is 1.93. The molecule has 1 aromatic heterocycles. The summed E-state index contributed by atoms with van der Waals surface area (Å²) in [5.41, 5.74) is 6.85. The number of thioether (sulfide) groups is 1. The molecule has 6 nitrogen and oxygen atoms in total. The molecular formula is C13H18N4O2S. The first kappa shape index (κ1) is 14.7. The zero-order chi connectivity index (χ0) is 14.7. The van der Waals surface area contributed by atoms with E-state index in [1.165, 1.54) is 16.3 Å². The average molecular weight is 294 g/mol. The largest absolute Gasteiger partial charge is 0.496 e.